The van der Waals surface area contributed by atoms with Crippen molar-refractivity contribution in [1.82, 2.24) is 4.98 Å². The van der Waals surface area contributed by atoms with Gasteiger partial charge in [-0.3, -0.25) is 0 Å². The van der Waals surface area contributed by atoms with Gasteiger partial charge in [0.25, 0.3) is 0 Å². The van der Waals surface area contributed by atoms with E-state index < -0.39 is 0 Å². The monoisotopic (exact) mass is 234 g/mol. The van der Waals surface area contributed by atoms with Crippen molar-refractivity contribution in [2.45, 2.75) is 38.1 Å². The zero-order valence-corrected chi connectivity index (χ0v) is 9.17. The molecular formula is C11H16N2Ni. The van der Waals surface area contributed by atoms with Crippen LogP contribution in [0.1, 0.15) is 32.1 Å². The molecule has 0 aliphatic heterocycles. The number of nitrogens with one attached hydrogen (secondary N) is 1. The first-order chi connectivity index (χ1) is 6.39. The van der Waals surface area contributed by atoms with Gasteiger partial charge in [-0.1, -0.05) is 44.5 Å². The Bertz CT molecular complexity index is 171. The van der Waals surface area contributed by atoms with Crippen molar-refractivity contribution < 1.29 is 16.5 Å². The summed E-state index contributed by atoms with van der Waals surface area (Å²) in [6, 6.07) is 5.79. The molecule has 2 nitrogen and oxygen atoms in total. The maximum atomic E-state index is 7.27. The summed E-state index contributed by atoms with van der Waals surface area (Å²) < 4.78 is 0. The van der Waals surface area contributed by atoms with Gasteiger partial charge in [-0.15, -0.1) is 6.04 Å². The Morgan fingerprint density at radius 3 is 2.07 bits per heavy atom. The van der Waals surface area contributed by atoms with E-state index in [1.165, 1.54) is 19.3 Å². The van der Waals surface area contributed by atoms with Gasteiger partial charge in [0, 0.05) is 0 Å². The van der Waals surface area contributed by atoms with Crippen molar-refractivity contribution in [3.8, 4) is 0 Å². The molecule has 2 rings (SSSR count). The zero-order chi connectivity index (χ0) is 9.36. The Kier molecular flexibility index (Phi) is 8.91. The summed E-state index contributed by atoms with van der Waals surface area (Å²) in [6.45, 7) is 0. The van der Waals surface area contributed by atoms with E-state index in [9.17, 15) is 0 Å². The number of nitrogens with zero attached hydrogens (tertiary/aromatic N) is 1. The van der Waals surface area contributed by atoms with E-state index in [2.05, 4.69) is 11.2 Å². The molecule has 80 valence electrons. The first-order valence-corrected chi connectivity index (χ1v) is 4.88. The molecule has 1 aromatic heterocycles. The predicted octanol–water partition coefficient (Wildman–Crippen LogP) is 3.25. The Labute approximate surface area is 96.2 Å². The molecule has 0 atom stereocenters. The number of hydrogen-bond donors (Lipinski definition) is 0. The topological polar surface area (TPSA) is 36.7 Å². The van der Waals surface area contributed by atoms with E-state index in [4.69, 9.17) is 5.73 Å². The first kappa shape index (κ1) is 13.6. The van der Waals surface area contributed by atoms with Gasteiger partial charge in [0.15, 0.2) is 0 Å². The fourth-order valence-corrected chi connectivity index (χ4v) is 1.38. The van der Waals surface area contributed by atoms with Crippen LogP contribution in [0.3, 0.4) is 0 Å². The van der Waals surface area contributed by atoms with E-state index in [0.717, 1.165) is 12.8 Å². The zero-order valence-electron chi connectivity index (χ0n) is 8.19. The molecule has 0 radical (unpaired) electrons. The Balaban J connectivity index is 0.000000227. The quantitative estimate of drug-likeness (QED) is 0.502. The van der Waals surface area contributed by atoms with E-state index in [0.29, 0.717) is 0 Å². The van der Waals surface area contributed by atoms with Crippen LogP contribution in [-0.2, 0) is 16.5 Å². The van der Waals surface area contributed by atoms with Gasteiger partial charge in [0.05, 0.1) is 0 Å². The molecule has 0 aromatic carbocycles. The van der Waals surface area contributed by atoms with Crippen molar-refractivity contribution in [2.24, 2.45) is 0 Å². The summed E-state index contributed by atoms with van der Waals surface area (Å²) in [7, 11) is 0. The summed E-state index contributed by atoms with van der Waals surface area (Å²) in [6.07, 6.45) is 10.6. The average Bonchev–Trinajstić information content (AvgIpc) is 2.22. The van der Waals surface area contributed by atoms with Gasteiger partial charge >= 0.3 is 16.5 Å². The Morgan fingerprint density at radius 1 is 1.14 bits per heavy atom. The van der Waals surface area contributed by atoms with Crippen molar-refractivity contribution in [1.29, 1.82) is 0 Å². The standard InChI is InChI=1S/C6H12N.C5H4N.Ni/c7-6-4-2-1-3-5-6;1-2-4-6-5-3-1;/h6-7H,1-5H2;1-4H;/q2*-1;+2. The molecule has 1 aliphatic rings. The van der Waals surface area contributed by atoms with E-state index in [-0.39, 0.29) is 22.5 Å². The van der Waals surface area contributed by atoms with Gasteiger partial charge in [0.1, 0.15) is 0 Å². The molecule has 1 saturated carbocycles. The second-order valence-electron chi connectivity index (χ2n) is 3.29. The molecule has 0 bridgehead atoms. The smallest absolute Gasteiger partial charge is 0.675 e. The minimum Gasteiger partial charge on any atom is -0.675 e. The van der Waals surface area contributed by atoms with Crippen LogP contribution < -0.4 is 0 Å². The number of pyridine rings is 1. The van der Waals surface area contributed by atoms with Crippen molar-refractivity contribution >= 4 is 0 Å². The van der Waals surface area contributed by atoms with Crippen molar-refractivity contribution in [3.05, 3.63) is 36.3 Å². The fourth-order valence-electron chi connectivity index (χ4n) is 1.38. The summed E-state index contributed by atoms with van der Waals surface area (Å²) in [4.78, 5) is 3.66. The third-order valence-corrected chi connectivity index (χ3v) is 2.12. The van der Waals surface area contributed by atoms with Gasteiger partial charge in [-0.05, 0) is 0 Å². The van der Waals surface area contributed by atoms with Gasteiger partial charge in [-0.2, -0.15) is 18.2 Å². The maximum Gasteiger partial charge on any atom is 2.00 e. The van der Waals surface area contributed by atoms with Crippen molar-refractivity contribution in [2.75, 3.05) is 0 Å². The molecule has 1 aromatic rings. The first-order valence-electron chi connectivity index (χ1n) is 4.88. The van der Waals surface area contributed by atoms with Crippen LogP contribution in [0.25, 0.3) is 5.73 Å². The maximum absolute atomic E-state index is 7.27. The van der Waals surface area contributed by atoms with E-state index >= 15 is 0 Å². The second kappa shape index (κ2) is 9.17. The molecule has 0 saturated heterocycles. The van der Waals surface area contributed by atoms with Crippen LogP contribution in [-0.4, -0.2) is 11.0 Å². The largest absolute Gasteiger partial charge is 2.00 e. The summed E-state index contributed by atoms with van der Waals surface area (Å²) in [5.74, 6) is 0. The normalized spacial score (nSPS) is 16.1. The molecule has 1 N–H and O–H groups in total. The second-order valence-corrected chi connectivity index (χ2v) is 3.29. The van der Waals surface area contributed by atoms with E-state index in [1.54, 1.807) is 12.3 Å². The van der Waals surface area contributed by atoms with Crippen LogP contribution in [0.15, 0.2) is 24.4 Å². The Morgan fingerprint density at radius 2 is 1.86 bits per heavy atom. The molecule has 1 heterocycles. The molecule has 1 aliphatic carbocycles. The van der Waals surface area contributed by atoms with Crippen LogP contribution in [0.2, 0.25) is 0 Å². The van der Waals surface area contributed by atoms with Crippen LogP contribution in [0.4, 0.5) is 0 Å². The molecular weight excluding hydrogens is 219 g/mol. The molecule has 0 spiro atoms. The van der Waals surface area contributed by atoms with Gasteiger partial charge in [-0.25, -0.2) is 0 Å². The fraction of sp³-hybridized carbons (Fsp3) is 0.545. The number of hydrogen-bond acceptors (Lipinski definition) is 1. The van der Waals surface area contributed by atoms with Crippen molar-refractivity contribution in [3.63, 3.8) is 0 Å². The third-order valence-electron chi connectivity index (χ3n) is 2.12. The third kappa shape index (κ3) is 7.05. The summed E-state index contributed by atoms with van der Waals surface area (Å²) >= 11 is 0. The van der Waals surface area contributed by atoms with Gasteiger partial charge in [0.2, 0.25) is 0 Å². The predicted molar refractivity (Wildman–Crippen MR) is 54.3 cm³/mol. The summed E-state index contributed by atoms with van der Waals surface area (Å²) in [5.41, 5.74) is 7.27. The molecule has 3 heteroatoms. The Hall–Kier alpha value is -0.396. The average molecular weight is 235 g/mol. The van der Waals surface area contributed by atoms with Crippen LogP contribution in [0.5, 0.6) is 0 Å². The number of rotatable bonds is 0. The van der Waals surface area contributed by atoms with Crippen LogP contribution in [0, 0.1) is 6.20 Å². The SMILES string of the molecule is [NH-]C1CCCCC1.[Ni+2].[c-]1ccccn1. The molecule has 1 fully saturated rings. The molecule has 0 unspecified atom stereocenters. The number of aromatic nitrogens is 1. The van der Waals surface area contributed by atoms with E-state index in [1.807, 2.05) is 12.1 Å². The minimum absolute atomic E-state index is 0. The van der Waals surface area contributed by atoms with Gasteiger partial charge < -0.3 is 10.7 Å². The molecule has 14 heavy (non-hydrogen) atoms. The van der Waals surface area contributed by atoms with Crippen LogP contribution >= 0.6 is 0 Å². The molecule has 0 amide bonds. The summed E-state index contributed by atoms with van der Waals surface area (Å²) in [5, 5.41) is 0. The minimum atomic E-state index is 0.